The van der Waals surface area contributed by atoms with Gasteiger partial charge in [-0.3, -0.25) is 9.20 Å². The first-order chi connectivity index (χ1) is 10.1. The first-order valence-corrected chi connectivity index (χ1v) is 7.79. The van der Waals surface area contributed by atoms with Gasteiger partial charge >= 0.3 is 0 Å². The van der Waals surface area contributed by atoms with Gasteiger partial charge in [-0.05, 0) is 37.6 Å². The summed E-state index contributed by atoms with van der Waals surface area (Å²) in [5, 5.41) is 0.851. The molecule has 0 fully saturated rings. The minimum atomic E-state index is 0.147. The van der Waals surface area contributed by atoms with E-state index < -0.39 is 0 Å². The largest absolute Gasteiger partial charge is 0.295 e. The molecular formula is C17H16N2OS. The van der Waals surface area contributed by atoms with Crippen molar-refractivity contribution in [1.29, 1.82) is 0 Å². The molecule has 0 aliphatic carbocycles. The molecule has 0 saturated heterocycles. The molecule has 3 aromatic rings. The molecule has 0 bridgehead atoms. The molecule has 0 unspecified atom stereocenters. The number of carbonyl (C=O) groups is 1. The van der Waals surface area contributed by atoms with E-state index in [1.54, 1.807) is 0 Å². The van der Waals surface area contributed by atoms with Crippen LogP contribution in [-0.4, -0.2) is 20.9 Å². The number of thioether (sulfide) groups is 1. The minimum absolute atomic E-state index is 0.147. The van der Waals surface area contributed by atoms with Crippen LogP contribution in [0.2, 0.25) is 0 Å². The Bertz CT molecular complexity index is 807. The average Bonchev–Trinajstić information content (AvgIpc) is 2.90. The number of hydrogen-bond donors (Lipinski definition) is 0. The van der Waals surface area contributed by atoms with Crippen LogP contribution in [0.1, 0.15) is 21.5 Å². The number of hydrogen-bond acceptors (Lipinski definition) is 3. The molecule has 0 aliphatic heterocycles. The van der Waals surface area contributed by atoms with Gasteiger partial charge < -0.3 is 0 Å². The molecule has 2 heterocycles. The molecule has 21 heavy (non-hydrogen) atoms. The van der Waals surface area contributed by atoms with Crippen LogP contribution in [0.15, 0.2) is 53.9 Å². The van der Waals surface area contributed by atoms with E-state index in [1.807, 2.05) is 67.0 Å². The summed E-state index contributed by atoms with van der Waals surface area (Å²) in [6.07, 6.45) is 3.79. The number of aryl methyl sites for hydroxylation is 2. The number of benzene rings is 1. The summed E-state index contributed by atoms with van der Waals surface area (Å²) in [6, 6.07) is 11.9. The zero-order chi connectivity index (χ0) is 14.8. The van der Waals surface area contributed by atoms with Crippen LogP contribution in [0.3, 0.4) is 0 Å². The smallest absolute Gasteiger partial charge is 0.173 e. The van der Waals surface area contributed by atoms with Crippen LogP contribution in [0.25, 0.3) is 5.52 Å². The number of imidazole rings is 1. The highest BCUT2D eigenvalue weighted by Crippen LogP contribution is 2.21. The fourth-order valence-electron chi connectivity index (χ4n) is 2.27. The molecule has 2 aromatic heterocycles. The summed E-state index contributed by atoms with van der Waals surface area (Å²) in [5.41, 5.74) is 3.99. The summed E-state index contributed by atoms with van der Waals surface area (Å²) in [4.78, 5) is 16.8. The molecular weight excluding hydrogens is 280 g/mol. The van der Waals surface area contributed by atoms with E-state index in [1.165, 1.54) is 11.8 Å². The van der Waals surface area contributed by atoms with E-state index in [2.05, 4.69) is 4.98 Å². The van der Waals surface area contributed by atoms with Gasteiger partial charge in [-0.1, -0.05) is 35.5 Å². The Morgan fingerprint density at radius 1 is 1.24 bits per heavy atom. The third kappa shape index (κ3) is 2.85. The van der Waals surface area contributed by atoms with Gasteiger partial charge in [0.2, 0.25) is 0 Å². The van der Waals surface area contributed by atoms with Gasteiger partial charge in [0.25, 0.3) is 0 Å². The predicted octanol–water partition coefficient (Wildman–Crippen LogP) is 3.93. The third-order valence-electron chi connectivity index (χ3n) is 3.43. The first-order valence-electron chi connectivity index (χ1n) is 6.80. The molecule has 0 aliphatic rings. The normalized spacial score (nSPS) is 11.0. The number of nitrogens with zero attached hydrogens (tertiary/aromatic N) is 2. The van der Waals surface area contributed by atoms with Crippen molar-refractivity contribution in [3.8, 4) is 0 Å². The maximum absolute atomic E-state index is 12.4. The lowest BCUT2D eigenvalue weighted by Crippen LogP contribution is -2.05. The van der Waals surface area contributed by atoms with Crippen molar-refractivity contribution >= 4 is 23.1 Å². The average molecular weight is 296 g/mol. The zero-order valence-corrected chi connectivity index (χ0v) is 12.9. The first kappa shape index (κ1) is 13.9. The topological polar surface area (TPSA) is 34.4 Å². The predicted molar refractivity (Wildman–Crippen MR) is 86.2 cm³/mol. The minimum Gasteiger partial charge on any atom is -0.295 e. The summed E-state index contributed by atoms with van der Waals surface area (Å²) in [5.74, 6) is 0.548. The lowest BCUT2D eigenvalue weighted by molar-refractivity contribution is 0.102. The lowest BCUT2D eigenvalue weighted by atomic mass is 10.0. The maximum atomic E-state index is 12.4. The number of ketones is 1. The quantitative estimate of drug-likeness (QED) is 0.540. The Kier molecular flexibility index (Phi) is 3.80. The second kappa shape index (κ2) is 5.74. The summed E-state index contributed by atoms with van der Waals surface area (Å²) < 4.78 is 2.00. The van der Waals surface area contributed by atoms with Crippen molar-refractivity contribution in [2.24, 2.45) is 0 Å². The van der Waals surface area contributed by atoms with E-state index in [4.69, 9.17) is 0 Å². The van der Waals surface area contributed by atoms with Gasteiger partial charge in [-0.25, -0.2) is 4.98 Å². The molecule has 4 heteroatoms. The number of carbonyl (C=O) groups excluding carboxylic acids is 1. The van der Waals surface area contributed by atoms with Crippen molar-refractivity contribution in [1.82, 2.24) is 9.38 Å². The molecule has 0 N–H and O–H groups in total. The number of aromatic nitrogens is 2. The van der Waals surface area contributed by atoms with Crippen LogP contribution in [0, 0.1) is 13.8 Å². The SMILES string of the molecule is Cc1ccc(C)c(C(=O)CSc2ncc3ccccn23)c1. The Morgan fingerprint density at radius 3 is 2.95 bits per heavy atom. The highest BCUT2D eigenvalue weighted by molar-refractivity contribution is 7.99. The van der Waals surface area contributed by atoms with Gasteiger partial charge in [0.05, 0.1) is 17.5 Å². The molecule has 0 spiro atoms. The van der Waals surface area contributed by atoms with Gasteiger partial charge in [-0.2, -0.15) is 0 Å². The molecule has 0 atom stereocenters. The fraction of sp³-hybridized carbons (Fsp3) is 0.176. The summed E-state index contributed by atoms with van der Waals surface area (Å²) in [6.45, 7) is 3.98. The fourth-order valence-corrected chi connectivity index (χ4v) is 3.12. The second-order valence-corrected chi connectivity index (χ2v) is 6.01. The Balaban J connectivity index is 1.78. The van der Waals surface area contributed by atoms with E-state index in [9.17, 15) is 4.79 Å². The summed E-state index contributed by atoms with van der Waals surface area (Å²) in [7, 11) is 0. The van der Waals surface area contributed by atoms with E-state index >= 15 is 0 Å². The maximum Gasteiger partial charge on any atom is 0.173 e. The lowest BCUT2D eigenvalue weighted by Gasteiger charge is -2.06. The van der Waals surface area contributed by atoms with Gasteiger partial charge in [0, 0.05) is 11.8 Å². The van der Waals surface area contributed by atoms with Crippen LogP contribution in [0.4, 0.5) is 0 Å². The van der Waals surface area contributed by atoms with Gasteiger partial charge in [0.1, 0.15) is 0 Å². The van der Waals surface area contributed by atoms with Crippen molar-refractivity contribution in [2.75, 3.05) is 5.75 Å². The number of rotatable bonds is 4. The monoisotopic (exact) mass is 296 g/mol. The molecule has 0 amide bonds. The summed E-state index contributed by atoms with van der Waals surface area (Å²) >= 11 is 1.48. The van der Waals surface area contributed by atoms with Crippen LogP contribution in [-0.2, 0) is 0 Å². The van der Waals surface area contributed by atoms with Crippen molar-refractivity contribution < 1.29 is 4.79 Å². The van der Waals surface area contributed by atoms with Gasteiger partial charge in [0.15, 0.2) is 10.9 Å². The number of fused-ring (bicyclic) bond motifs is 1. The van der Waals surface area contributed by atoms with E-state index in [-0.39, 0.29) is 5.78 Å². The number of pyridine rings is 1. The van der Waals surface area contributed by atoms with E-state index in [0.717, 1.165) is 27.4 Å². The Labute approximate surface area is 128 Å². The zero-order valence-electron chi connectivity index (χ0n) is 12.0. The van der Waals surface area contributed by atoms with Crippen molar-refractivity contribution in [3.05, 3.63) is 65.5 Å². The van der Waals surface area contributed by atoms with Crippen molar-refractivity contribution in [3.63, 3.8) is 0 Å². The molecule has 0 radical (unpaired) electrons. The van der Waals surface area contributed by atoms with Crippen LogP contribution >= 0.6 is 11.8 Å². The molecule has 106 valence electrons. The van der Waals surface area contributed by atoms with Crippen LogP contribution < -0.4 is 0 Å². The standard InChI is InChI=1S/C17H16N2OS/c1-12-6-7-13(2)15(9-12)16(20)11-21-17-18-10-14-5-3-4-8-19(14)17/h3-10H,11H2,1-2H3. The highest BCUT2D eigenvalue weighted by atomic mass is 32.2. The van der Waals surface area contributed by atoms with Crippen LogP contribution in [0.5, 0.6) is 0 Å². The number of Topliss-reactive ketones (excluding diaryl/α,β-unsaturated/α-hetero) is 1. The molecule has 3 nitrogen and oxygen atoms in total. The van der Waals surface area contributed by atoms with Gasteiger partial charge in [-0.15, -0.1) is 0 Å². The van der Waals surface area contributed by atoms with Crippen molar-refractivity contribution in [2.45, 2.75) is 19.0 Å². The molecule has 0 saturated carbocycles. The Hall–Kier alpha value is -2.07. The Morgan fingerprint density at radius 2 is 2.10 bits per heavy atom. The highest BCUT2D eigenvalue weighted by Gasteiger charge is 2.12. The third-order valence-corrected chi connectivity index (χ3v) is 4.40. The van der Waals surface area contributed by atoms with E-state index in [0.29, 0.717) is 5.75 Å². The molecule has 3 rings (SSSR count). The molecule has 1 aromatic carbocycles. The second-order valence-electron chi connectivity index (χ2n) is 5.07.